The molecule has 4 heteroatoms. The highest BCUT2D eigenvalue weighted by molar-refractivity contribution is 5.73. The molecule has 0 unspecified atom stereocenters. The second kappa shape index (κ2) is 6.86. The first kappa shape index (κ1) is 15.4. The summed E-state index contributed by atoms with van der Waals surface area (Å²) in [5, 5.41) is 18.1. The number of nitrogens with zero attached hydrogens (tertiary/aromatic N) is 1. The molecule has 0 aliphatic carbocycles. The molecule has 0 radical (unpaired) electrons. The van der Waals surface area contributed by atoms with E-state index in [1.807, 2.05) is 0 Å². The van der Waals surface area contributed by atoms with Crippen LogP contribution in [0.3, 0.4) is 0 Å². The number of hydrogen-bond donors (Lipinski definition) is 2. The largest absolute Gasteiger partial charge is 0.481 e. The van der Waals surface area contributed by atoms with Crippen LogP contribution in [-0.4, -0.2) is 46.8 Å². The number of hydrogen-bond acceptors (Lipinski definition) is 3. The molecule has 0 aromatic carbocycles. The van der Waals surface area contributed by atoms with Crippen LogP contribution in [0.4, 0.5) is 0 Å². The number of carbonyl (C=O) groups is 1. The van der Waals surface area contributed by atoms with Crippen molar-refractivity contribution in [3.63, 3.8) is 0 Å². The van der Waals surface area contributed by atoms with Crippen molar-refractivity contribution in [1.29, 1.82) is 0 Å². The predicted molar refractivity (Wildman–Crippen MR) is 64.4 cm³/mol. The summed E-state index contributed by atoms with van der Waals surface area (Å²) in [7, 11) is 0. The van der Waals surface area contributed by atoms with Gasteiger partial charge in [-0.3, -0.25) is 9.69 Å². The van der Waals surface area contributed by atoms with Crippen molar-refractivity contribution in [2.45, 2.75) is 46.6 Å². The minimum Gasteiger partial charge on any atom is -0.481 e. The molecule has 0 saturated carbocycles. The normalized spacial score (nSPS) is 12.4. The van der Waals surface area contributed by atoms with E-state index in [0.717, 1.165) is 12.8 Å². The summed E-state index contributed by atoms with van der Waals surface area (Å²) >= 11 is 0. The van der Waals surface area contributed by atoms with Gasteiger partial charge in [0.25, 0.3) is 0 Å². The third-order valence-electron chi connectivity index (χ3n) is 3.02. The molecule has 0 spiro atoms. The van der Waals surface area contributed by atoms with E-state index in [4.69, 9.17) is 10.2 Å². The van der Waals surface area contributed by atoms with Crippen LogP contribution >= 0.6 is 0 Å². The van der Waals surface area contributed by atoms with E-state index in [0.29, 0.717) is 19.1 Å². The van der Waals surface area contributed by atoms with Crippen LogP contribution in [-0.2, 0) is 4.79 Å². The van der Waals surface area contributed by atoms with Gasteiger partial charge in [-0.2, -0.15) is 0 Å². The smallest absolute Gasteiger partial charge is 0.310 e. The Hall–Kier alpha value is -0.610. The molecule has 16 heavy (non-hydrogen) atoms. The van der Waals surface area contributed by atoms with Crippen molar-refractivity contribution >= 4 is 5.97 Å². The van der Waals surface area contributed by atoms with Crippen LogP contribution in [0.15, 0.2) is 0 Å². The average Bonchev–Trinajstić information content (AvgIpc) is 2.19. The molecule has 0 aromatic rings. The fraction of sp³-hybridized carbons (Fsp3) is 0.917. The van der Waals surface area contributed by atoms with Gasteiger partial charge in [0.2, 0.25) is 0 Å². The molecule has 96 valence electrons. The van der Waals surface area contributed by atoms with Gasteiger partial charge in [-0.05, 0) is 26.7 Å². The van der Waals surface area contributed by atoms with Gasteiger partial charge in [-0.25, -0.2) is 0 Å². The molecule has 0 rings (SSSR count). The second-order valence-corrected chi connectivity index (χ2v) is 4.85. The lowest BCUT2D eigenvalue weighted by Crippen LogP contribution is -2.45. The minimum atomic E-state index is -0.790. The molecule has 0 heterocycles. The molecule has 2 N–H and O–H groups in total. The Balaban J connectivity index is 4.60. The fourth-order valence-corrected chi connectivity index (χ4v) is 1.90. The standard InChI is InChI=1S/C12H25NO3/c1-5-10(6-2)13(7-8-14)9-12(3,4)11(15)16/h10,14H,5-9H2,1-4H3,(H,15,16). The Morgan fingerprint density at radius 1 is 1.31 bits per heavy atom. The first-order valence-electron chi connectivity index (χ1n) is 5.97. The van der Waals surface area contributed by atoms with Gasteiger partial charge in [0.15, 0.2) is 0 Å². The molecule has 4 nitrogen and oxygen atoms in total. The summed E-state index contributed by atoms with van der Waals surface area (Å²) in [5.41, 5.74) is -0.766. The van der Waals surface area contributed by atoms with Crippen LogP contribution in [0.2, 0.25) is 0 Å². The molecular formula is C12H25NO3. The minimum absolute atomic E-state index is 0.0756. The molecule has 0 amide bonds. The Kier molecular flexibility index (Phi) is 6.60. The third-order valence-corrected chi connectivity index (χ3v) is 3.02. The predicted octanol–water partition coefficient (Wildman–Crippen LogP) is 1.58. The Morgan fingerprint density at radius 3 is 2.12 bits per heavy atom. The van der Waals surface area contributed by atoms with Crippen LogP contribution < -0.4 is 0 Å². The van der Waals surface area contributed by atoms with E-state index in [1.54, 1.807) is 13.8 Å². The molecule has 0 fully saturated rings. The van der Waals surface area contributed by atoms with Crippen LogP contribution in [0.5, 0.6) is 0 Å². The lowest BCUT2D eigenvalue weighted by atomic mass is 9.92. The highest BCUT2D eigenvalue weighted by Crippen LogP contribution is 2.20. The lowest BCUT2D eigenvalue weighted by molar-refractivity contribution is -0.148. The first-order valence-corrected chi connectivity index (χ1v) is 5.97. The van der Waals surface area contributed by atoms with Crippen molar-refractivity contribution in [1.82, 2.24) is 4.90 Å². The van der Waals surface area contributed by atoms with E-state index in [2.05, 4.69) is 18.7 Å². The number of carboxylic acid groups (broad SMARTS) is 1. The Bertz CT molecular complexity index is 212. The van der Waals surface area contributed by atoms with E-state index < -0.39 is 11.4 Å². The maximum atomic E-state index is 11.1. The molecular weight excluding hydrogens is 206 g/mol. The van der Waals surface area contributed by atoms with Gasteiger partial charge in [-0.1, -0.05) is 13.8 Å². The summed E-state index contributed by atoms with van der Waals surface area (Å²) in [6.45, 7) is 8.73. The molecule has 0 aliphatic rings. The van der Waals surface area contributed by atoms with E-state index in [9.17, 15) is 4.79 Å². The van der Waals surface area contributed by atoms with Gasteiger partial charge in [0.05, 0.1) is 12.0 Å². The number of aliphatic hydroxyl groups is 1. The van der Waals surface area contributed by atoms with Crippen molar-refractivity contribution < 1.29 is 15.0 Å². The zero-order valence-electron chi connectivity index (χ0n) is 10.9. The van der Waals surface area contributed by atoms with E-state index >= 15 is 0 Å². The molecule has 0 bridgehead atoms. The first-order chi connectivity index (χ1) is 7.38. The number of aliphatic carboxylic acids is 1. The van der Waals surface area contributed by atoms with E-state index in [-0.39, 0.29) is 6.61 Å². The molecule has 0 atom stereocenters. The summed E-state index contributed by atoms with van der Waals surface area (Å²) in [6.07, 6.45) is 1.96. The van der Waals surface area contributed by atoms with Gasteiger partial charge < -0.3 is 10.2 Å². The molecule has 0 saturated heterocycles. The quantitative estimate of drug-likeness (QED) is 0.666. The van der Waals surface area contributed by atoms with Crippen LogP contribution in [0.25, 0.3) is 0 Å². The maximum Gasteiger partial charge on any atom is 0.310 e. The highest BCUT2D eigenvalue weighted by Gasteiger charge is 2.31. The van der Waals surface area contributed by atoms with Gasteiger partial charge in [-0.15, -0.1) is 0 Å². The van der Waals surface area contributed by atoms with Gasteiger partial charge in [0, 0.05) is 19.1 Å². The molecule has 0 aromatic heterocycles. The van der Waals surface area contributed by atoms with Crippen molar-refractivity contribution in [2.24, 2.45) is 5.41 Å². The number of rotatable bonds is 8. The van der Waals surface area contributed by atoms with Crippen molar-refractivity contribution in [2.75, 3.05) is 19.7 Å². The SMILES string of the molecule is CCC(CC)N(CCO)CC(C)(C)C(=O)O. The average molecular weight is 231 g/mol. The summed E-state index contributed by atoms with van der Waals surface area (Å²) in [6, 6.07) is 0.353. The third kappa shape index (κ3) is 4.49. The maximum absolute atomic E-state index is 11.1. The zero-order valence-corrected chi connectivity index (χ0v) is 10.9. The topological polar surface area (TPSA) is 60.8 Å². The van der Waals surface area contributed by atoms with Crippen molar-refractivity contribution in [3.8, 4) is 0 Å². The van der Waals surface area contributed by atoms with Crippen LogP contribution in [0, 0.1) is 5.41 Å². The van der Waals surface area contributed by atoms with E-state index in [1.165, 1.54) is 0 Å². The van der Waals surface area contributed by atoms with Gasteiger partial charge >= 0.3 is 5.97 Å². The zero-order chi connectivity index (χ0) is 12.8. The summed E-state index contributed by atoms with van der Waals surface area (Å²) in [5.74, 6) is -0.790. The summed E-state index contributed by atoms with van der Waals surface area (Å²) < 4.78 is 0. The number of aliphatic hydroxyl groups excluding tert-OH is 1. The number of carboxylic acids is 1. The van der Waals surface area contributed by atoms with Gasteiger partial charge in [0.1, 0.15) is 0 Å². The fourth-order valence-electron chi connectivity index (χ4n) is 1.90. The second-order valence-electron chi connectivity index (χ2n) is 4.85. The Morgan fingerprint density at radius 2 is 1.81 bits per heavy atom. The summed E-state index contributed by atoms with van der Waals surface area (Å²) in [4.78, 5) is 13.1. The van der Waals surface area contributed by atoms with Crippen molar-refractivity contribution in [3.05, 3.63) is 0 Å². The highest BCUT2D eigenvalue weighted by atomic mass is 16.4. The monoisotopic (exact) mass is 231 g/mol. The van der Waals surface area contributed by atoms with Crippen LogP contribution in [0.1, 0.15) is 40.5 Å². The Labute approximate surface area is 98.3 Å². The lowest BCUT2D eigenvalue weighted by Gasteiger charge is -2.34. The molecule has 0 aliphatic heterocycles.